The van der Waals surface area contributed by atoms with E-state index in [0.29, 0.717) is 5.82 Å². The first kappa shape index (κ1) is 32.4. The highest BCUT2D eigenvalue weighted by Crippen LogP contribution is 2.42. The Bertz CT molecular complexity index is 3520. The molecule has 0 aliphatic carbocycles. The van der Waals surface area contributed by atoms with Crippen LogP contribution in [0.25, 0.3) is 116 Å². The van der Waals surface area contributed by atoms with E-state index < -0.39 is 0 Å². The first-order valence-electron chi connectivity index (χ1n) is 19.7. The molecular formula is C54H33N3O. The fourth-order valence-electron chi connectivity index (χ4n) is 8.97. The van der Waals surface area contributed by atoms with Crippen LogP contribution in [0.4, 0.5) is 0 Å². The van der Waals surface area contributed by atoms with E-state index in [9.17, 15) is 0 Å². The SMILES string of the molecule is c1ccc(-c2nc(-c3cc(-c4cc5ccccc5c5ccccc45)cc(-n4c5ccccc5c5ccccc54)c3)cc(-c3cccc4oc5ccccc5c34)n2)cc1. The Morgan fingerprint density at radius 1 is 0.362 bits per heavy atom. The van der Waals surface area contributed by atoms with Crippen LogP contribution in [0.3, 0.4) is 0 Å². The molecule has 0 atom stereocenters. The van der Waals surface area contributed by atoms with Crippen LogP contribution in [-0.4, -0.2) is 14.5 Å². The number of hydrogen-bond acceptors (Lipinski definition) is 3. The number of aromatic nitrogens is 3. The molecule has 0 saturated heterocycles. The molecule has 3 aromatic heterocycles. The maximum atomic E-state index is 6.36. The second-order valence-corrected chi connectivity index (χ2v) is 14.9. The van der Waals surface area contributed by atoms with Gasteiger partial charge in [-0.25, -0.2) is 9.97 Å². The zero-order chi connectivity index (χ0) is 38.2. The van der Waals surface area contributed by atoms with Crippen molar-refractivity contribution < 1.29 is 4.42 Å². The molecule has 4 heteroatoms. The minimum atomic E-state index is 0.665. The molecule has 4 nitrogen and oxygen atoms in total. The van der Waals surface area contributed by atoms with Gasteiger partial charge in [0.1, 0.15) is 11.2 Å². The summed E-state index contributed by atoms with van der Waals surface area (Å²) >= 11 is 0. The zero-order valence-electron chi connectivity index (χ0n) is 31.3. The van der Waals surface area contributed by atoms with E-state index in [1.165, 1.54) is 37.9 Å². The van der Waals surface area contributed by atoms with Gasteiger partial charge in [-0.1, -0.05) is 146 Å². The van der Waals surface area contributed by atoms with Crippen LogP contribution >= 0.6 is 0 Å². The summed E-state index contributed by atoms with van der Waals surface area (Å²) in [6, 6.07) is 71.0. The van der Waals surface area contributed by atoms with Crippen molar-refractivity contribution in [3.8, 4) is 50.7 Å². The Morgan fingerprint density at radius 2 is 0.966 bits per heavy atom. The predicted octanol–water partition coefficient (Wildman–Crippen LogP) is 14.4. The first-order valence-corrected chi connectivity index (χ1v) is 19.7. The summed E-state index contributed by atoms with van der Waals surface area (Å²) in [4.78, 5) is 10.7. The fourth-order valence-corrected chi connectivity index (χ4v) is 8.97. The number of para-hydroxylation sites is 3. The van der Waals surface area contributed by atoms with Gasteiger partial charge in [0.05, 0.1) is 22.4 Å². The number of nitrogens with zero attached hydrogens (tertiary/aromatic N) is 3. The highest BCUT2D eigenvalue weighted by Gasteiger charge is 2.20. The van der Waals surface area contributed by atoms with Crippen molar-refractivity contribution in [2.75, 3.05) is 0 Å². The van der Waals surface area contributed by atoms with Gasteiger partial charge in [-0.15, -0.1) is 0 Å². The van der Waals surface area contributed by atoms with Crippen LogP contribution < -0.4 is 0 Å². The molecule has 0 aliphatic rings. The topological polar surface area (TPSA) is 43.9 Å². The average Bonchev–Trinajstić information content (AvgIpc) is 3.85. The first-order chi connectivity index (χ1) is 28.7. The summed E-state index contributed by atoms with van der Waals surface area (Å²) in [5.41, 5.74) is 12.0. The lowest BCUT2D eigenvalue weighted by Gasteiger charge is -2.17. The molecule has 0 aliphatic heterocycles. The molecule has 0 spiro atoms. The maximum absolute atomic E-state index is 6.36. The molecule has 0 N–H and O–H groups in total. The number of hydrogen-bond donors (Lipinski definition) is 0. The largest absolute Gasteiger partial charge is 0.456 e. The van der Waals surface area contributed by atoms with E-state index in [2.05, 4.69) is 168 Å². The molecule has 9 aromatic carbocycles. The number of rotatable bonds is 5. The Balaban J connectivity index is 1.18. The van der Waals surface area contributed by atoms with Gasteiger partial charge in [-0.05, 0) is 87.3 Å². The van der Waals surface area contributed by atoms with E-state index in [0.717, 1.165) is 72.3 Å². The van der Waals surface area contributed by atoms with Crippen LogP contribution in [0.15, 0.2) is 205 Å². The normalized spacial score (nSPS) is 11.8. The molecule has 0 saturated carbocycles. The number of benzene rings is 9. The number of fused-ring (bicyclic) bond motifs is 9. The van der Waals surface area contributed by atoms with E-state index in [4.69, 9.17) is 14.4 Å². The fraction of sp³-hybridized carbons (Fsp3) is 0. The highest BCUT2D eigenvalue weighted by atomic mass is 16.3. The second kappa shape index (κ2) is 12.9. The van der Waals surface area contributed by atoms with Crippen molar-refractivity contribution in [2.24, 2.45) is 0 Å². The van der Waals surface area contributed by atoms with E-state index in [-0.39, 0.29) is 0 Å². The van der Waals surface area contributed by atoms with Crippen molar-refractivity contribution in [1.82, 2.24) is 14.5 Å². The molecule has 58 heavy (non-hydrogen) atoms. The molecule has 0 fully saturated rings. The monoisotopic (exact) mass is 739 g/mol. The molecule has 12 aromatic rings. The summed E-state index contributed by atoms with van der Waals surface area (Å²) < 4.78 is 8.76. The molecule has 3 heterocycles. The summed E-state index contributed by atoms with van der Waals surface area (Å²) in [6.45, 7) is 0. The minimum absolute atomic E-state index is 0.665. The van der Waals surface area contributed by atoms with E-state index in [1.807, 2.05) is 36.4 Å². The van der Waals surface area contributed by atoms with Crippen molar-refractivity contribution in [1.29, 1.82) is 0 Å². The summed E-state index contributed by atoms with van der Waals surface area (Å²) in [6.07, 6.45) is 0. The van der Waals surface area contributed by atoms with Gasteiger partial charge >= 0.3 is 0 Å². The third kappa shape index (κ3) is 5.09. The Morgan fingerprint density at radius 3 is 1.76 bits per heavy atom. The minimum Gasteiger partial charge on any atom is -0.456 e. The van der Waals surface area contributed by atoms with Gasteiger partial charge in [-0.3, -0.25) is 0 Å². The smallest absolute Gasteiger partial charge is 0.160 e. The third-order valence-electron chi connectivity index (χ3n) is 11.6. The maximum Gasteiger partial charge on any atom is 0.160 e. The van der Waals surface area contributed by atoms with E-state index in [1.54, 1.807) is 0 Å². The third-order valence-corrected chi connectivity index (χ3v) is 11.6. The van der Waals surface area contributed by atoms with Gasteiger partial charge in [0.25, 0.3) is 0 Å². The average molecular weight is 740 g/mol. The molecule has 0 radical (unpaired) electrons. The number of furan rings is 1. The van der Waals surface area contributed by atoms with Crippen LogP contribution in [0.1, 0.15) is 0 Å². The highest BCUT2D eigenvalue weighted by molar-refractivity contribution is 6.15. The molecule has 0 bridgehead atoms. The lowest BCUT2D eigenvalue weighted by atomic mass is 9.91. The Hall–Kier alpha value is -7.82. The second-order valence-electron chi connectivity index (χ2n) is 14.9. The van der Waals surface area contributed by atoms with Gasteiger partial charge in [0, 0.05) is 43.9 Å². The quantitative estimate of drug-likeness (QED) is 0.165. The molecular weight excluding hydrogens is 707 g/mol. The van der Waals surface area contributed by atoms with Crippen molar-refractivity contribution >= 4 is 65.3 Å². The predicted molar refractivity (Wildman–Crippen MR) is 240 cm³/mol. The molecule has 270 valence electrons. The lowest BCUT2D eigenvalue weighted by Crippen LogP contribution is -1.99. The van der Waals surface area contributed by atoms with Crippen molar-refractivity contribution in [3.05, 3.63) is 200 Å². The Labute approximate surface area is 333 Å². The van der Waals surface area contributed by atoms with Crippen LogP contribution in [0.2, 0.25) is 0 Å². The van der Waals surface area contributed by atoms with E-state index >= 15 is 0 Å². The van der Waals surface area contributed by atoms with Crippen LogP contribution in [0.5, 0.6) is 0 Å². The van der Waals surface area contributed by atoms with Crippen LogP contribution in [-0.2, 0) is 0 Å². The van der Waals surface area contributed by atoms with Gasteiger partial charge in [0.15, 0.2) is 5.82 Å². The molecule has 12 rings (SSSR count). The molecule has 0 amide bonds. The summed E-state index contributed by atoms with van der Waals surface area (Å²) in [5, 5.41) is 9.44. The van der Waals surface area contributed by atoms with Crippen molar-refractivity contribution in [2.45, 2.75) is 0 Å². The standard InChI is InChI=1S/C54H33N3O/c1-2-15-34(16-3-1)54-55-47(33-48(56-54)44-24-14-28-52-53(44)45-23-10-13-27-51(45)58-52)37-29-36(46-32-35-17-4-5-18-39(35)40-19-6-7-20-41(40)46)30-38(31-37)57-49-25-11-8-21-42(49)43-22-9-12-26-50(43)57/h1-33H. The van der Waals surface area contributed by atoms with Gasteiger partial charge in [-0.2, -0.15) is 0 Å². The zero-order valence-corrected chi connectivity index (χ0v) is 31.3. The van der Waals surface area contributed by atoms with Gasteiger partial charge < -0.3 is 8.98 Å². The lowest BCUT2D eigenvalue weighted by molar-refractivity contribution is 0.669. The van der Waals surface area contributed by atoms with Crippen molar-refractivity contribution in [3.63, 3.8) is 0 Å². The van der Waals surface area contributed by atoms with Crippen LogP contribution in [0, 0.1) is 0 Å². The summed E-state index contributed by atoms with van der Waals surface area (Å²) in [5.74, 6) is 0.665. The summed E-state index contributed by atoms with van der Waals surface area (Å²) in [7, 11) is 0. The Kier molecular flexibility index (Phi) is 7.20. The molecule has 0 unspecified atom stereocenters. The van der Waals surface area contributed by atoms with Gasteiger partial charge in [0.2, 0.25) is 0 Å².